The van der Waals surface area contributed by atoms with Crippen LogP contribution in [-0.2, 0) is 6.42 Å². The predicted molar refractivity (Wildman–Crippen MR) is 72.8 cm³/mol. The standard InChI is InChI=1S/C15H13NOS/c1-2-11-3-8-15(12(9-11)10-16)18-14-6-4-13(17)5-7-14/h3-9,17H,2H2,1H3. The van der Waals surface area contributed by atoms with Crippen molar-refractivity contribution in [3.05, 3.63) is 53.6 Å². The molecule has 0 heterocycles. The summed E-state index contributed by atoms with van der Waals surface area (Å²) in [5.74, 6) is 0.251. The minimum atomic E-state index is 0.251. The highest BCUT2D eigenvalue weighted by Gasteiger charge is 2.05. The number of nitriles is 1. The number of aryl methyl sites for hydroxylation is 1. The molecule has 0 radical (unpaired) electrons. The number of hydrogen-bond donors (Lipinski definition) is 1. The van der Waals surface area contributed by atoms with Crippen molar-refractivity contribution in [3.8, 4) is 11.8 Å². The summed E-state index contributed by atoms with van der Waals surface area (Å²) in [6.07, 6.45) is 0.929. The SMILES string of the molecule is CCc1ccc(Sc2ccc(O)cc2)c(C#N)c1. The van der Waals surface area contributed by atoms with Gasteiger partial charge in [0.25, 0.3) is 0 Å². The summed E-state index contributed by atoms with van der Waals surface area (Å²) in [4.78, 5) is 1.95. The normalized spacial score (nSPS) is 10.0. The lowest BCUT2D eigenvalue weighted by molar-refractivity contribution is 0.475. The third-order valence-corrected chi connectivity index (χ3v) is 3.72. The van der Waals surface area contributed by atoms with Gasteiger partial charge in [-0.15, -0.1) is 0 Å². The molecule has 18 heavy (non-hydrogen) atoms. The molecule has 0 aromatic heterocycles. The van der Waals surface area contributed by atoms with E-state index in [0.717, 1.165) is 16.2 Å². The predicted octanol–water partition coefficient (Wildman–Crippen LogP) is 3.98. The molecule has 0 spiro atoms. The Morgan fingerprint density at radius 3 is 2.50 bits per heavy atom. The summed E-state index contributed by atoms with van der Waals surface area (Å²) in [5.41, 5.74) is 1.87. The molecule has 0 aliphatic heterocycles. The van der Waals surface area contributed by atoms with E-state index in [-0.39, 0.29) is 5.75 Å². The van der Waals surface area contributed by atoms with Crippen LogP contribution in [0.2, 0.25) is 0 Å². The van der Waals surface area contributed by atoms with Crippen LogP contribution in [0.1, 0.15) is 18.1 Å². The first-order valence-corrected chi connectivity index (χ1v) is 6.54. The largest absolute Gasteiger partial charge is 0.508 e. The Balaban J connectivity index is 2.29. The highest BCUT2D eigenvalue weighted by atomic mass is 32.2. The molecule has 90 valence electrons. The van der Waals surface area contributed by atoms with E-state index in [1.165, 1.54) is 17.3 Å². The lowest BCUT2D eigenvalue weighted by Gasteiger charge is -2.06. The molecule has 2 aromatic rings. The van der Waals surface area contributed by atoms with Crippen molar-refractivity contribution in [2.75, 3.05) is 0 Å². The van der Waals surface area contributed by atoms with E-state index in [1.807, 2.05) is 30.3 Å². The number of phenols is 1. The molecule has 3 heteroatoms. The molecule has 0 unspecified atom stereocenters. The third-order valence-electron chi connectivity index (χ3n) is 2.64. The maximum absolute atomic E-state index is 9.23. The van der Waals surface area contributed by atoms with Crippen LogP contribution in [0.3, 0.4) is 0 Å². The van der Waals surface area contributed by atoms with E-state index in [2.05, 4.69) is 13.0 Å². The van der Waals surface area contributed by atoms with Crippen LogP contribution in [0.25, 0.3) is 0 Å². The highest BCUT2D eigenvalue weighted by Crippen LogP contribution is 2.31. The summed E-state index contributed by atoms with van der Waals surface area (Å²) < 4.78 is 0. The van der Waals surface area contributed by atoms with Gasteiger partial charge in [0, 0.05) is 9.79 Å². The van der Waals surface area contributed by atoms with E-state index < -0.39 is 0 Å². The third kappa shape index (κ3) is 2.85. The number of phenolic OH excluding ortho intramolecular Hbond substituents is 1. The van der Waals surface area contributed by atoms with Crippen molar-refractivity contribution < 1.29 is 5.11 Å². The zero-order valence-electron chi connectivity index (χ0n) is 10.1. The van der Waals surface area contributed by atoms with Crippen molar-refractivity contribution in [2.45, 2.75) is 23.1 Å². The molecule has 0 amide bonds. The fourth-order valence-electron chi connectivity index (χ4n) is 1.61. The summed E-state index contributed by atoms with van der Waals surface area (Å²) in [7, 11) is 0. The van der Waals surface area contributed by atoms with Gasteiger partial charge in [0.15, 0.2) is 0 Å². The van der Waals surface area contributed by atoms with Crippen LogP contribution in [0.5, 0.6) is 5.75 Å². The highest BCUT2D eigenvalue weighted by molar-refractivity contribution is 7.99. The van der Waals surface area contributed by atoms with Gasteiger partial charge in [-0.05, 0) is 48.4 Å². The van der Waals surface area contributed by atoms with Crippen molar-refractivity contribution in [2.24, 2.45) is 0 Å². The maximum Gasteiger partial charge on any atom is 0.115 e. The van der Waals surface area contributed by atoms with Gasteiger partial charge in [0.05, 0.1) is 5.56 Å². The maximum atomic E-state index is 9.23. The first kappa shape index (κ1) is 12.5. The molecule has 2 aromatic carbocycles. The second-order valence-electron chi connectivity index (χ2n) is 3.89. The first-order chi connectivity index (χ1) is 8.72. The van der Waals surface area contributed by atoms with Crippen molar-refractivity contribution in [3.63, 3.8) is 0 Å². The Bertz CT molecular complexity index is 584. The molecule has 0 atom stereocenters. The van der Waals surface area contributed by atoms with Gasteiger partial charge >= 0.3 is 0 Å². The Labute approximate surface area is 111 Å². The monoisotopic (exact) mass is 255 g/mol. The first-order valence-electron chi connectivity index (χ1n) is 5.73. The van der Waals surface area contributed by atoms with E-state index in [0.29, 0.717) is 5.56 Å². The fourth-order valence-corrected chi connectivity index (χ4v) is 2.49. The molecule has 2 rings (SSSR count). The fraction of sp³-hybridized carbons (Fsp3) is 0.133. The van der Waals surface area contributed by atoms with Gasteiger partial charge < -0.3 is 5.11 Å². The summed E-state index contributed by atoms with van der Waals surface area (Å²) in [6.45, 7) is 2.07. The molecular formula is C15H13NOS. The Morgan fingerprint density at radius 2 is 1.89 bits per heavy atom. The Kier molecular flexibility index (Phi) is 3.91. The van der Waals surface area contributed by atoms with Gasteiger partial charge in [-0.25, -0.2) is 0 Å². The lowest BCUT2D eigenvalue weighted by atomic mass is 10.1. The van der Waals surface area contributed by atoms with Gasteiger partial charge in [0.1, 0.15) is 11.8 Å². The van der Waals surface area contributed by atoms with Crippen molar-refractivity contribution in [1.29, 1.82) is 5.26 Å². The summed E-state index contributed by atoms with van der Waals surface area (Å²) in [5, 5.41) is 18.4. The molecule has 0 aliphatic rings. The van der Waals surface area contributed by atoms with Crippen molar-refractivity contribution >= 4 is 11.8 Å². The second-order valence-corrected chi connectivity index (χ2v) is 5.01. The lowest BCUT2D eigenvalue weighted by Crippen LogP contribution is -1.86. The van der Waals surface area contributed by atoms with Crippen LogP contribution < -0.4 is 0 Å². The van der Waals surface area contributed by atoms with Crippen LogP contribution in [-0.4, -0.2) is 5.11 Å². The second kappa shape index (κ2) is 5.61. The minimum Gasteiger partial charge on any atom is -0.508 e. The molecule has 0 aliphatic carbocycles. The number of hydrogen-bond acceptors (Lipinski definition) is 3. The number of aromatic hydroxyl groups is 1. The topological polar surface area (TPSA) is 44.0 Å². The number of nitrogens with zero attached hydrogens (tertiary/aromatic N) is 1. The van der Waals surface area contributed by atoms with Crippen molar-refractivity contribution in [1.82, 2.24) is 0 Å². The number of rotatable bonds is 3. The van der Waals surface area contributed by atoms with Crippen LogP contribution in [0, 0.1) is 11.3 Å². The quantitative estimate of drug-likeness (QED) is 0.902. The van der Waals surface area contributed by atoms with Gasteiger partial charge in [0.2, 0.25) is 0 Å². The molecule has 0 saturated heterocycles. The van der Waals surface area contributed by atoms with E-state index in [4.69, 9.17) is 5.26 Å². The molecular weight excluding hydrogens is 242 g/mol. The molecule has 0 saturated carbocycles. The van der Waals surface area contributed by atoms with Crippen LogP contribution in [0.15, 0.2) is 52.3 Å². The van der Waals surface area contributed by atoms with Gasteiger partial charge in [-0.1, -0.05) is 24.8 Å². The minimum absolute atomic E-state index is 0.251. The number of benzene rings is 2. The molecule has 1 N–H and O–H groups in total. The average Bonchev–Trinajstić information content (AvgIpc) is 2.41. The van der Waals surface area contributed by atoms with Crippen LogP contribution >= 0.6 is 11.8 Å². The van der Waals surface area contributed by atoms with Crippen LogP contribution in [0.4, 0.5) is 0 Å². The van der Waals surface area contributed by atoms with E-state index in [9.17, 15) is 5.11 Å². The van der Waals surface area contributed by atoms with Gasteiger partial charge in [-0.3, -0.25) is 0 Å². The Hall–Kier alpha value is -1.92. The zero-order valence-corrected chi connectivity index (χ0v) is 10.9. The molecule has 0 fully saturated rings. The summed E-state index contributed by atoms with van der Waals surface area (Å²) >= 11 is 1.53. The van der Waals surface area contributed by atoms with Gasteiger partial charge in [-0.2, -0.15) is 5.26 Å². The molecule has 0 bridgehead atoms. The Morgan fingerprint density at radius 1 is 1.17 bits per heavy atom. The van der Waals surface area contributed by atoms with E-state index >= 15 is 0 Å². The zero-order chi connectivity index (χ0) is 13.0. The average molecular weight is 255 g/mol. The summed E-state index contributed by atoms with van der Waals surface area (Å²) in [6, 6.07) is 15.2. The van der Waals surface area contributed by atoms with E-state index in [1.54, 1.807) is 12.1 Å². The smallest absolute Gasteiger partial charge is 0.115 e. The molecule has 2 nitrogen and oxygen atoms in total.